The van der Waals surface area contributed by atoms with Gasteiger partial charge in [0.2, 0.25) is 0 Å². The molecule has 1 amide bonds. The van der Waals surface area contributed by atoms with Gasteiger partial charge in [-0.3, -0.25) is 4.79 Å². The van der Waals surface area contributed by atoms with E-state index in [9.17, 15) is 31.9 Å². The number of nitrogens with one attached hydrogen (secondary N) is 1. The summed E-state index contributed by atoms with van der Waals surface area (Å²) >= 11 is 11.8. The number of carbonyl (C=O) groups is 1. The van der Waals surface area contributed by atoms with Crippen molar-refractivity contribution in [3.8, 4) is 0 Å². The summed E-state index contributed by atoms with van der Waals surface area (Å²) < 4.78 is 67.1. The predicted octanol–water partition coefficient (Wildman–Crippen LogP) is 5.92. The molecule has 1 aliphatic rings. The van der Waals surface area contributed by atoms with Crippen molar-refractivity contribution in [2.24, 2.45) is 0 Å². The van der Waals surface area contributed by atoms with Gasteiger partial charge in [-0.15, -0.1) is 0 Å². The lowest BCUT2D eigenvalue weighted by Gasteiger charge is -2.42. The molecule has 0 aromatic heterocycles. The van der Waals surface area contributed by atoms with Crippen LogP contribution in [0, 0.1) is 5.82 Å². The van der Waals surface area contributed by atoms with Crippen molar-refractivity contribution < 1.29 is 31.9 Å². The number of hydrogen-bond acceptors (Lipinski definition) is 2. The number of carbonyl (C=O) groups excluding carboxylic acids is 1. The van der Waals surface area contributed by atoms with Crippen molar-refractivity contribution in [1.82, 2.24) is 5.32 Å². The monoisotopic (exact) mass is 481 g/mol. The Bertz CT molecular complexity index is 985. The van der Waals surface area contributed by atoms with Crippen molar-refractivity contribution in [1.29, 1.82) is 0 Å². The number of amides is 1. The van der Waals surface area contributed by atoms with Gasteiger partial charge in [-0.1, -0.05) is 41.4 Å². The van der Waals surface area contributed by atoms with Crippen molar-refractivity contribution in [2.45, 2.75) is 43.1 Å². The third-order valence-electron chi connectivity index (χ3n) is 5.49. The van der Waals surface area contributed by atoms with Crippen LogP contribution in [0.5, 0.6) is 0 Å². The summed E-state index contributed by atoms with van der Waals surface area (Å²) in [6.45, 7) is -0.414. The van der Waals surface area contributed by atoms with Gasteiger partial charge in [0.25, 0.3) is 5.91 Å². The average molecular weight is 482 g/mol. The fourth-order valence-electron chi connectivity index (χ4n) is 3.85. The molecule has 2 N–H and O–H groups in total. The molecule has 0 bridgehead atoms. The van der Waals surface area contributed by atoms with E-state index in [2.05, 4.69) is 5.32 Å². The Kier molecular flexibility index (Phi) is 6.84. The fourth-order valence-corrected chi connectivity index (χ4v) is 4.42. The summed E-state index contributed by atoms with van der Waals surface area (Å²) in [6.07, 6.45) is -6.23. The Hall–Kier alpha value is -1.90. The first-order valence-electron chi connectivity index (χ1n) is 9.38. The molecule has 1 fully saturated rings. The van der Waals surface area contributed by atoms with Gasteiger partial charge >= 0.3 is 6.18 Å². The van der Waals surface area contributed by atoms with Gasteiger partial charge in [-0.25, -0.2) is 8.78 Å². The Labute approximate surface area is 185 Å². The topological polar surface area (TPSA) is 49.3 Å². The first-order chi connectivity index (χ1) is 14.4. The summed E-state index contributed by atoms with van der Waals surface area (Å²) in [6, 6.07) is 6.87. The molecule has 3 nitrogen and oxygen atoms in total. The number of aliphatic hydroxyl groups is 1. The van der Waals surface area contributed by atoms with Crippen LogP contribution in [0.15, 0.2) is 36.4 Å². The minimum atomic E-state index is -4.75. The Balaban J connectivity index is 1.85. The SMILES string of the molecule is O=C(NCC1(O)CCC(F)CC1c1cccc(F)c1Cl)c1cccc(C(F)(F)F)c1Cl. The minimum Gasteiger partial charge on any atom is -0.387 e. The second kappa shape index (κ2) is 8.92. The van der Waals surface area contributed by atoms with Crippen molar-refractivity contribution in [2.75, 3.05) is 6.54 Å². The summed E-state index contributed by atoms with van der Waals surface area (Å²) in [5.74, 6) is -2.60. The van der Waals surface area contributed by atoms with E-state index in [4.69, 9.17) is 23.2 Å². The number of hydrogen-bond donors (Lipinski definition) is 2. The molecule has 3 atom stereocenters. The van der Waals surface area contributed by atoms with Crippen LogP contribution < -0.4 is 5.32 Å². The Morgan fingerprint density at radius 2 is 1.84 bits per heavy atom. The number of rotatable bonds is 4. The molecule has 0 spiro atoms. The van der Waals surface area contributed by atoms with Gasteiger partial charge in [-0.2, -0.15) is 13.2 Å². The van der Waals surface area contributed by atoms with Crippen LogP contribution >= 0.6 is 23.2 Å². The molecule has 2 aromatic carbocycles. The highest BCUT2D eigenvalue weighted by atomic mass is 35.5. The molecule has 10 heteroatoms. The number of halogens is 7. The fraction of sp³-hybridized carbons (Fsp3) is 0.381. The van der Waals surface area contributed by atoms with Gasteiger partial charge < -0.3 is 10.4 Å². The molecule has 1 saturated carbocycles. The van der Waals surface area contributed by atoms with Crippen LogP contribution in [0.4, 0.5) is 22.0 Å². The summed E-state index contributed by atoms with van der Waals surface area (Å²) in [7, 11) is 0. The second-order valence-corrected chi connectivity index (χ2v) is 8.27. The number of benzene rings is 2. The van der Waals surface area contributed by atoms with Crippen molar-refractivity contribution in [3.05, 3.63) is 69.0 Å². The van der Waals surface area contributed by atoms with Gasteiger partial charge in [0.05, 0.1) is 26.8 Å². The maximum Gasteiger partial charge on any atom is 0.417 e. The van der Waals surface area contributed by atoms with Crippen LogP contribution in [0.3, 0.4) is 0 Å². The van der Waals surface area contributed by atoms with Crippen LogP contribution in [0.25, 0.3) is 0 Å². The van der Waals surface area contributed by atoms with Gasteiger partial charge in [0, 0.05) is 12.5 Å². The lowest BCUT2D eigenvalue weighted by Crippen LogP contribution is -2.50. The first-order valence-corrected chi connectivity index (χ1v) is 10.1. The van der Waals surface area contributed by atoms with E-state index < -0.39 is 58.3 Å². The van der Waals surface area contributed by atoms with Crippen LogP contribution in [0.2, 0.25) is 10.0 Å². The highest BCUT2D eigenvalue weighted by Gasteiger charge is 2.44. The highest BCUT2D eigenvalue weighted by molar-refractivity contribution is 6.34. The van der Waals surface area contributed by atoms with E-state index in [1.54, 1.807) is 0 Å². The largest absolute Gasteiger partial charge is 0.417 e. The zero-order valence-electron chi connectivity index (χ0n) is 15.9. The van der Waals surface area contributed by atoms with Gasteiger partial charge in [0.1, 0.15) is 12.0 Å². The second-order valence-electron chi connectivity index (χ2n) is 7.52. The zero-order chi connectivity index (χ0) is 23.0. The molecule has 1 aliphatic carbocycles. The molecule has 3 unspecified atom stereocenters. The van der Waals surface area contributed by atoms with E-state index in [1.165, 1.54) is 12.1 Å². The molecule has 0 radical (unpaired) electrons. The molecular formula is C21H18Cl2F5NO2. The first kappa shape index (κ1) is 23.8. The lowest BCUT2D eigenvalue weighted by molar-refractivity contribution is -0.137. The standard InChI is InChI=1S/C21H18Cl2F5NO2/c22-17-13(4-1-5-14(17)21(26,27)28)19(30)29-10-20(31)8-7-11(24)9-15(20)12-3-2-6-16(25)18(12)23/h1-6,11,15,31H,7-10H2,(H,29,30). The predicted molar refractivity (Wildman–Crippen MR) is 107 cm³/mol. The van der Waals surface area contributed by atoms with Gasteiger partial charge in [-0.05, 0) is 43.0 Å². The van der Waals surface area contributed by atoms with Crippen molar-refractivity contribution in [3.63, 3.8) is 0 Å². The third kappa shape index (κ3) is 4.96. The summed E-state index contributed by atoms with van der Waals surface area (Å²) in [5, 5.41) is 12.5. The molecule has 31 heavy (non-hydrogen) atoms. The minimum absolute atomic E-state index is 0.000119. The molecule has 0 saturated heterocycles. The molecule has 168 valence electrons. The summed E-state index contributed by atoms with van der Waals surface area (Å²) in [4.78, 5) is 12.5. The van der Waals surface area contributed by atoms with E-state index in [0.29, 0.717) is 0 Å². The molecule has 3 rings (SSSR count). The Morgan fingerprint density at radius 3 is 2.52 bits per heavy atom. The van der Waals surface area contributed by atoms with E-state index in [0.717, 1.165) is 24.3 Å². The van der Waals surface area contributed by atoms with Crippen molar-refractivity contribution >= 4 is 29.1 Å². The lowest BCUT2D eigenvalue weighted by atomic mass is 9.71. The quantitative estimate of drug-likeness (QED) is 0.532. The van der Waals surface area contributed by atoms with Crippen LogP contribution in [-0.2, 0) is 6.18 Å². The molecule has 0 aliphatic heterocycles. The molecular weight excluding hydrogens is 464 g/mol. The smallest absolute Gasteiger partial charge is 0.387 e. The van der Waals surface area contributed by atoms with E-state index >= 15 is 0 Å². The van der Waals surface area contributed by atoms with E-state index in [1.807, 2.05) is 0 Å². The average Bonchev–Trinajstić information content (AvgIpc) is 2.70. The zero-order valence-corrected chi connectivity index (χ0v) is 17.5. The summed E-state index contributed by atoms with van der Waals surface area (Å²) in [5.41, 5.74) is -3.08. The van der Waals surface area contributed by atoms with Crippen LogP contribution in [-0.4, -0.2) is 29.3 Å². The van der Waals surface area contributed by atoms with Crippen LogP contribution in [0.1, 0.15) is 46.7 Å². The normalized spacial score (nSPS) is 24.1. The maximum absolute atomic E-state index is 14.1. The highest BCUT2D eigenvalue weighted by Crippen LogP contribution is 2.44. The van der Waals surface area contributed by atoms with Gasteiger partial charge in [0.15, 0.2) is 0 Å². The molecule has 2 aromatic rings. The third-order valence-corrected chi connectivity index (χ3v) is 6.30. The molecule has 0 heterocycles. The number of alkyl halides is 4. The van der Waals surface area contributed by atoms with E-state index in [-0.39, 0.29) is 29.8 Å². The Morgan fingerprint density at radius 1 is 1.16 bits per heavy atom. The maximum atomic E-state index is 14.1.